The lowest BCUT2D eigenvalue weighted by Gasteiger charge is -2.04. The molecule has 1 aliphatic rings. The summed E-state index contributed by atoms with van der Waals surface area (Å²) in [6.07, 6.45) is 7.45. The molecule has 0 aromatic heterocycles. The molecule has 0 radical (unpaired) electrons. The van der Waals surface area contributed by atoms with Gasteiger partial charge in [0.25, 0.3) is 6.85 Å². The molecule has 0 atom stereocenters. The summed E-state index contributed by atoms with van der Waals surface area (Å²) < 4.78 is 0. The highest BCUT2D eigenvalue weighted by Gasteiger charge is 2.04. The van der Waals surface area contributed by atoms with Gasteiger partial charge in [-0.05, 0) is 13.4 Å². The molecule has 0 spiro atoms. The Balaban J connectivity index is 2.40. The molecule has 0 amide bonds. The van der Waals surface area contributed by atoms with Crippen molar-refractivity contribution >= 4 is 6.85 Å². The molecule has 1 rings (SSSR count). The van der Waals surface area contributed by atoms with Crippen LogP contribution in [0.5, 0.6) is 0 Å². The number of nitrogens with one attached hydrogen (secondary N) is 1. The van der Waals surface area contributed by atoms with Gasteiger partial charge >= 0.3 is 0 Å². The van der Waals surface area contributed by atoms with Crippen LogP contribution < -0.4 is 5.23 Å². The fraction of sp³-hybridized carbons (Fsp3) is 0.333. The van der Waals surface area contributed by atoms with E-state index in [0.29, 0.717) is 6.85 Å². The van der Waals surface area contributed by atoms with E-state index in [-0.39, 0.29) is 0 Å². The second-order valence-electron chi connectivity index (χ2n) is 1.94. The zero-order valence-electron chi connectivity index (χ0n) is 5.09. The molecule has 1 N–H and O–H groups in total. The van der Waals surface area contributed by atoms with Gasteiger partial charge in [0.1, 0.15) is 0 Å². The molecule has 1 aliphatic heterocycles. The molecule has 0 fully saturated rings. The average Bonchev–Trinajstić information content (AvgIpc) is 1.90. The molecule has 2 heteroatoms. The first-order chi connectivity index (χ1) is 3.93. The van der Waals surface area contributed by atoms with Gasteiger partial charge in [-0.3, -0.25) is 0 Å². The first kappa shape index (κ1) is 5.64. The summed E-state index contributed by atoms with van der Waals surface area (Å²) in [4.78, 5) is 0. The van der Waals surface area contributed by atoms with Gasteiger partial charge in [-0.25, -0.2) is 0 Å². The lowest BCUT2D eigenvalue weighted by Crippen LogP contribution is -2.27. The second kappa shape index (κ2) is 2.73. The van der Waals surface area contributed by atoms with Gasteiger partial charge in [0.2, 0.25) is 0 Å². The van der Waals surface area contributed by atoms with Crippen molar-refractivity contribution < 1.29 is 0 Å². The molecule has 0 unspecified atom stereocenters. The number of hydrogen-bond acceptors (Lipinski definition) is 1. The summed E-state index contributed by atoms with van der Waals surface area (Å²) in [5.74, 6) is 2.17. The molecule has 0 saturated heterocycles. The van der Waals surface area contributed by atoms with Crippen molar-refractivity contribution in [3.8, 4) is 0 Å². The predicted octanol–water partition coefficient (Wildman–Crippen LogP) is 0.863. The van der Waals surface area contributed by atoms with E-state index in [2.05, 4.69) is 29.4 Å². The number of allylic oxidation sites excluding steroid dienone is 3. The molecule has 0 aliphatic carbocycles. The largest absolute Gasteiger partial charge is 0.355 e. The quantitative estimate of drug-likeness (QED) is 0.490. The predicted molar refractivity (Wildman–Crippen MR) is 37.9 cm³/mol. The fourth-order valence-corrected chi connectivity index (χ4v) is 0.795. The molecular weight excluding hydrogens is 96.9 g/mol. The van der Waals surface area contributed by atoms with Crippen LogP contribution in [0.1, 0.15) is 0 Å². The molecule has 0 saturated carbocycles. The van der Waals surface area contributed by atoms with Crippen molar-refractivity contribution in [3.05, 3.63) is 24.2 Å². The Morgan fingerprint density at radius 1 is 1.50 bits per heavy atom. The highest BCUT2D eigenvalue weighted by atomic mass is 14.7. The van der Waals surface area contributed by atoms with Gasteiger partial charge in [0.15, 0.2) is 0 Å². The van der Waals surface area contributed by atoms with Crippen molar-refractivity contribution in [2.45, 2.75) is 6.32 Å². The molecule has 8 heavy (non-hydrogen) atoms. The van der Waals surface area contributed by atoms with Crippen LogP contribution in [0.25, 0.3) is 0 Å². The van der Waals surface area contributed by atoms with Gasteiger partial charge < -0.3 is 5.23 Å². The SMILES string of the molecule is CNB1C=CC=CC1. The van der Waals surface area contributed by atoms with Gasteiger partial charge in [-0.2, -0.15) is 0 Å². The van der Waals surface area contributed by atoms with Gasteiger partial charge in [0.05, 0.1) is 0 Å². The number of rotatable bonds is 1. The third-order valence-corrected chi connectivity index (χ3v) is 1.35. The van der Waals surface area contributed by atoms with Crippen molar-refractivity contribution in [1.29, 1.82) is 0 Å². The summed E-state index contributed by atoms with van der Waals surface area (Å²) in [6, 6.07) is 0. The van der Waals surface area contributed by atoms with Gasteiger partial charge in [-0.1, -0.05) is 24.2 Å². The summed E-state index contributed by atoms with van der Waals surface area (Å²) in [5, 5.41) is 3.17. The van der Waals surface area contributed by atoms with Gasteiger partial charge in [-0.15, -0.1) is 0 Å². The Bertz CT molecular complexity index is 118. The lowest BCUT2D eigenvalue weighted by atomic mass is 9.58. The monoisotopic (exact) mass is 107 g/mol. The molecule has 0 aromatic carbocycles. The second-order valence-corrected chi connectivity index (χ2v) is 1.94. The van der Waals surface area contributed by atoms with Crippen molar-refractivity contribution in [3.63, 3.8) is 0 Å². The Labute approximate surface area is 50.6 Å². The maximum absolute atomic E-state index is 3.17. The van der Waals surface area contributed by atoms with E-state index in [1.165, 1.54) is 0 Å². The van der Waals surface area contributed by atoms with Gasteiger partial charge in [0, 0.05) is 0 Å². The minimum Gasteiger partial charge on any atom is -0.355 e. The van der Waals surface area contributed by atoms with Crippen LogP contribution in [0, 0.1) is 0 Å². The van der Waals surface area contributed by atoms with E-state index < -0.39 is 0 Å². The highest BCUT2D eigenvalue weighted by molar-refractivity contribution is 6.62. The molecule has 42 valence electrons. The highest BCUT2D eigenvalue weighted by Crippen LogP contribution is 1.98. The Morgan fingerprint density at radius 2 is 2.38 bits per heavy atom. The zero-order chi connectivity index (χ0) is 5.82. The summed E-state index contributed by atoms with van der Waals surface area (Å²) in [5.41, 5.74) is 0. The van der Waals surface area contributed by atoms with Crippen LogP contribution in [0.4, 0.5) is 0 Å². The molecule has 0 aromatic rings. The average molecular weight is 107 g/mol. The molecular formula is C6H10BN. The van der Waals surface area contributed by atoms with Crippen LogP contribution in [0.15, 0.2) is 24.2 Å². The minimum absolute atomic E-state index is 0.569. The smallest absolute Gasteiger partial charge is 0.250 e. The van der Waals surface area contributed by atoms with Crippen molar-refractivity contribution in [2.24, 2.45) is 0 Å². The molecule has 1 heterocycles. The maximum atomic E-state index is 3.17. The Morgan fingerprint density at radius 3 is 2.75 bits per heavy atom. The number of hydrogen-bond donors (Lipinski definition) is 1. The standard InChI is InChI=1S/C6H10BN/c1-8-7-5-3-2-4-6-7/h2-5,8H,6H2,1H3. The van der Waals surface area contributed by atoms with Crippen LogP contribution >= 0.6 is 0 Å². The van der Waals surface area contributed by atoms with E-state index in [1.807, 2.05) is 7.05 Å². The Hall–Kier alpha value is -0.495. The van der Waals surface area contributed by atoms with E-state index in [0.717, 1.165) is 6.32 Å². The summed E-state index contributed by atoms with van der Waals surface area (Å²) in [7, 11) is 1.98. The van der Waals surface area contributed by atoms with E-state index in [4.69, 9.17) is 0 Å². The first-order valence-electron chi connectivity index (χ1n) is 2.94. The molecule has 1 nitrogen and oxygen atoms in total. The zero-order valence-corrected chi connectivity index (χ0v) is 5.09. The first-order valence-corrected chi connectivity index (χ1v) is 2.94. The third-order valence-electron chi connectivity index (χ3n) is 1.35. The fourth-order valence-electron chi connectivity index (χ4n) is 0.795. The minimum atomic E-state index is 0.569. The van der Waals surface area contributed by atoms with Crippen LogP contribution in [-0.2, 0) is 0 Å². The third kappa shape index (κ3) is 1.24. The topological polar surface area (TPSA) is 12.0 Å². The van der Waals surface area contributed by atoms with Crippen molar-refractivity contribution in [1.82, 2.24) is 5.23 Å². The van der Waals surface area contributed by atoms with Crippen LogP contribution in [0.2, 0.25) is 6.32 Å². The summed E-state index contributed by atoms with van der Waals surface area (Å²) >= 11 is 0. The summed E-state index contributed by atoms with van der Waals surface area (Å²) in [6.45, 7) is 0.569. The molecule has 0 bridgehead atoms. The van der Waals surface area contributed by atoms with E-state index in [1.54, 1.807) is 0 Å². The van der Waals surface area contributed by atoms with Crippen molar-refractivity contribution in [2.75, 3.05) is 7.05 Å². The van der Waals surface area contributed by atoms with Crippen LogP contribution in [-0.4, -0.2) is 13.9 Å². The van der Waals surface area contributed by atoms with E-state index in [9.17, 15) is 0 Å². The normalized spacial score (nSPS) is 17.4. The maximum Gasteiger partial charge on any atom is 0.250 e. The van der Waals surface area contributed by atoms with Crippen LogP contribution in [0.3, 0.4) is 0 Å². The van der Waals surface area contributed by atoms with E-state index >= 15 is 0 Å². The Kier molecular flexibility index (Phi) is 1.92. The lowest BCUT2D eigenvalue weighted by molar-refractivity contribution is 1.20.